The van der Waals surface area contributed by atoms with Crippen molar-refractivity contribution < 1.29 is 9.53 Å². The highest BCUT2D eigenvalue weighted by Gasteiger charge is 2.06. The van der Waals surface area contributed by atoms with Crippen molar-refractivity contribution >= 4 is 17.2 Å². The van der Waals surface area contributed by atoms with E-state index in [-0.39, 0.29) is 12.5 Å². The third-order valence-corrected chi connectivity index (χ3v) is 3.12. The smallest absolute Gasteiger partial charge is 0.262 e. The second-order valence-corrected chi connectivity index (χ2v) is 4.71. The Morgan fingerprint density at radius 1 is 1.29 bits per heavy atom. The number of ether oxygens (including phenoxy) is 1. The Hall–Kier alpha value is -2.82. The van der Waals surface area contributed by atoms with Crippen molar-refractivity contribution in [2.24, 2.45) is 0 Å². The zero-order valence-electron chi connectivity index (χ0n) is 11.6. The fraction of sp³-hybridized carbons (Fsp3) is 0.125. The first-order valence-electron chi connectivity index (χ1n) is 6.63. The van der Waals surface area contributed by atoms with Crippen LogP contribution in [0.15, 0.2) is 55.0 Å². The zero-order valence-corrected chi connectivity index (χ0v) is 11.6. The number of hydrogen-bond donors (Lipinski definition) is 1. The first kappa shape index (κ1) is 13.2. The van der Waals surface area contributed by atoms with Crippen molar-refractivity contribution in [3.8, 4) is 5.75 Å². The molecule has 0 bridgehead atoms. The highest BCUT2D eigenvalue weighted by Crippen LogP contribution is 2.16. The summed E-state index contributed by atoms with van der Waals surface area (Å²) in [6.45, 7) is 1.92. The maximum absolute atomic E-state index is 11.9. The summed E-state index contributed by atoms with van der Waals surface area (Å²) < 4.78 is 7.36. The molecule has 0 atom stereocenters. The standard InChI is InChI=1S/C16H15N3O2/c1-12-4-2-3-5-14(12)21-11-16(20)18-13-6-7-15-17-8-9-19(15)10-13/h2-10H,11H2,1H3,(H,18,20). The molecule has 3 aromatic rings. The molecule has 2 heterocycles. The highest BCUT2D eigenvalue weighted by atomic mass is 16.5. The Balaban J connectivity index is 1.62. The number of nitrogens with zero attached hydrogens (tertiary/aromatic N) is 2. The number of aromatic nitrogens is 2. The topological polar surface area (TPSA) is 55.6 Å². The van der Waals surface area contributed by atoms with Crippen LogP contribution >= 0.6 is 0 Å². The summed E-state index contributed by atoms with van der Waals surface area (Å²) in [6.07, 6.45) is 5.35. The predicted molar refractivity (Wildman–Crippen MR) is 80.5 cm³/mol. The molecule has 5 nitrogen and oxygen atoms in total. The van der Waals surface area contributed by atoms with Crippen LogP contribution in [0.3, 0.4) is 0 Å². The van der Waals surface area contributed by atoms with Gasteiger partial charge >= 0.3 is 0 Å². The van der Waals surface area contributed by atoms with Crippen LogP contribution in [-0.4, -0.2) is 21.9 Å². The average Bonchev–Trinajstić information content (AvgIpc) is 2.94. The van der Waals surface area contributed by atoms with E-state index in [1.807, 2.05) is 60.1 Å². The van der Waals surface area contributed by atoms with Crippen LogP contribution in [0.25, 0.3) is 5.65 Å². The van der Waals surface area contributed by atoms with Crippen LogP contribution in [0.4, 0.5) is 5.69 Å². The minimum atomic E-state index is -0.197. The van der Waals surface area contributed by atoms with Crippen LogP contribution in [-0.2, 0) is 4.79 Å². The van der Waals surface area contributed by atoms with Gasteiger partial charge in [0, 0.05) is 18.6 Å². The lowest BCUT2D eigenvalue weighted by Crippen LogP contribution is -2.20. The Kier molecular flexibility index (Phi) is 3.55. The summed E-state index contributed by atoms with van der Waals surface area (Å²) in [5.74, 6) is 0.524. The fourth-order valence-corrected chi connectivity index (χ4v) is 2.05. The molecular weight excluding hydrogens is 266 g/mol. The molecule has 0 aliphatic carbocycles. The molecule has 0 unspecified atom stereocenters. The van der Waals surface area contributed by atoms with Crippen LogP contribution in [0.5, 0.6) is 5.75 Å². The number of fused-ring (bicyclic) bond motifs is 1. The molecule has 0 spiro atoms. The minimum Gasteiger partial charge on any atom is -0.483 e. The number of amides is 1. The summed E-state index contributed by atoms with van der Waals surface area (Å²) in [7, 11) is 0. The summed E-state index contributed by atoms with van der Waals surface area (Å²) in [4.78, 5) is 16.1. The van der Waals surface area contributed by atoms with Crippen LogP contribution in [0, 0.1) is 6.92 Å². The van der Waals surface area contributed by atoms with Gasteiger partial charge < -0.3 is 14.5 Å². The molecule has 1 amide bonds. The normalized spacial score (nSPS) is 10.5. The molecular formula is C16H15N3O2. The molecule has 5 heteroatoms. The Morgan fingerprint density at radius 3 is 3.00 bits per heavy atom. The molecule has 3 rings (SSSR count). The van der Waals surface area contributed by atoms with Crippen molar-refractivity contribution in [1.82, 2.24) is 9.38 Å². The van der Waals surface area contributed by atoms with Crippen molar-refractivity contribution in [3.63, 3.8) is 0 Å². The molecule has 0 aliphatic heterocycles. The number of nitrogens with one attached hydrogen (secondary N) is 1. The molecule has 1 aromatic carbocycles. The molecule has 0 fully saturated rings. The second-order valence-electron chi connectivity index (χ2n) is 4.71. The Bertz CT molecular complexity index is 780. The van der Waals surface area contributed by atoms with Gasteiger partial charge in [-0.15, -0.1) is 0 Å². The number of hydrogen-bond acceptors (Lipinski definition) is 3. The number of para-hydroxylation sites is 1. The lowest BCUT2D eigenvalue weighted by molar-refractivity contribution is -0.118. The number of pyridine rings is 1. The number of anilines is 1. The van der Waals surface area contributed by atoms with Gasteiger partial charge in [-0.3, -0.25) is 4.79 Å². The molecule has 0 radical (unpaired) electrons. The van der Waals surface area contributed by atoms with Crippen LogP contribution in [0.2, 0.25) is 0 Å². The third-order valence-electron chi connectivity index (χ3n) is 3.12. The quantitative estimate of drug-likeness (QED) is 0.800. The molecule has 2 aromatic heterocycles. The van der Waals surface area contributed by atoms with Crippen molar-refractivity contribution in [3.05, 3.63) is 60.6 Å². The van der Waals surface area contributed by atoms with E-state index in [0.717, 1.165) is 17.0 Å². The molecule has 106 valence electrons. The van der Waals surface area contributed by atoms with Crippen molar-refractivity contribution in [2.45, 2.75) is 6.92 Å². The number of benzene rings is 1. The lowest BCUT2D eigenvalue weighted by atomic mass is 10.2. The number of carbonyl (C=O) groups is 1. The van der Waals surface area contributed by atoms with Gasteiger partial charge in [-0.25, -0.2) is 4.98 Å². The zero-order chi connectivity index (χ0) is 14.7. The van der Waals surface area contributed by atoms with Gasteiger partial charge in [0.1, 0.15) is 11.4 Å². The lowest BCUT2D eigenvalue weighted by Gasteiger charge is -2.09. The van der Waals surface area contributed by atoms with E-state index in [4.69, 9.17) is 4.74 Å². The Labute approximate surface area is 122 Å². The van der Waals surface area contributed by atoms with Gasteiger partial charge in [-0.05, 0) is 30.7 Å². The average molecular weight is 281 g/mol. The van der Waals surface area contributed by atoms with E-state index in [1.54, 1.807) is 6.20 Å². The summed E-state index contributed by atoms with van der Waals surface area (Å²) >= 11 is 0. The van der Waals surface area contributed by atoms with E-state index in [2.05, 4.69) is 10.3 Å². The van der Waals surface area contributed by atoms with E-state index < -0.39 is 0 Å². The number of imidazole rings is 1. The number of rotatable bonds is 4. The summed E-state index contributed by atoms with van der Waals surface area (Å²) in [5.41, 5.74) is 2.55. The van der Waals surface area contributed by atoms with Gasteiger partial charge in [-0.1, -0.05) is 18.2 Å². The summed E-state index contributed by atoms with van der Waals surface area (Å²) in [6, 6.07) is 11.3. The number of carbonyl (C=O) groups excluding carboxylic acids is 1. The van der Waals surface area contributed by atoms with Gasteiger partial charge in [0.05, 0.1) is 5.69 Å². The monoisotopic (exact) mass is 281 g/mol. The van der Waals surface area contributed by atoms with E-state index >= 15 is 0 Å². The minimum absolute atomic E-state index is 0.0210. The van der Waals surface area contributed by atoms with Gasteiger partial charge in [0.25, 0.3) is 5.91 Å². The number of aryl methyl sites for hydroxylation is 1. The predicted octanol–water partition coefficient (Wildman–Crippen LogP) is 2.66. The maximum atomic E-state index is 11.9. The van der Waals surface area contributed by atoms with Crippen LogP contribution in [0.1, 0.15) is 5.56 Å². The SMILES string of the molecule is Cc1ccccc1OCC(=O)Nc1ccc2nccn2c1. The molecule has 1 N–H and O–H groups in total. The molecule has 21 heavy (non-hydrogen) atoms. The second kappa shape index (κ2) is 5.66. The van der Waals surface area contributed by atoms with Crippen molar-refractivity contribution in [1.29, 1.82) is 0 Å². The first-order valence-corrected chi connectivity index (χ1v) is 6.63. The Morgan fingerprint density at radius 2 is 2.14 bits per heavy atom. The molecule has 0 saturated carbocycles. The summed E-state index contributed by atoms with van der Waals surface area (Å²) in [5, 5.41) is 2.80. The third kappa shape index (κ3) is 3.02. The molecule has 0 aliphatic rings. The van der Waals surface area contributed by atoms with E-state index in [0.29, 0.717) is 5.69 Å². The maximum Gasteiger partial charge on any atom is 0.262 e. The molecule has 0 saturated heterocycles. The van der Waals surface area contributed by atoms with Crippen molar-refractivity contribution in [2.75, 3.05) is 11.9 Å². The van der Waals surface area contributed by atoms with Crippen LogP contribution < -0.4 is 10.1 Å². The largest absolute Gasteiger partial charge is 0.483 e. The fourth-order valence-electron chi connectivity index (χ4n) is 2.05. The highest BCUT2D eigenvalue weighted by molar-refractivity contribution is 5.91. The van der Waals surface area contributed by atoms with E-state index in [1.165, 1.54) is 0 Å². The van der Waals surface area contributed by atoms with Gasteiger partial charge in [0.2, 0.25) is 0 Å². The first-order chi connectivity index (χ1) is 10.2. The van der Waals surface area contributed by atoms with Gasteiger partial charge in [0.15, 0.2) is 6.61 Å². The van der Waals surface area contributed by atoms with E-state index in [9.17, 15) is 4.79 Å². The van der Waals surface area contributed by atoms with Gasteiger partial charge in [-0.2, -0.15) is 0 Å².